The van der Waals surface area contributed by atoms with Gasteiger partial charge in [0, 0.05) is 12.1 Å². The van der Waals surface area contributed by atoms with E-state index in [2.05, 4.69) is 25.2 Å². The Balaban J connectivity index is 2.08. The standard InChI is InChI=1S/C16H23Cl2N/c1-3-15(12-8-9-13(17)14(18)10-12)19-16-7-5-4-6-11(16)2/h8-11,15-16,19H,3-7H2,1-2H3. The summed E-state index contributed by atoms with van der Waals surface area (Å²) in [5, 5.41) is 5.10. The average Bonchev–Trinajstić information content (AvgIpc) is 2.41. The molecule has 3 atom stereocenters. The summed E-state index contributed by atoms with van der Waals surface area (Å²) >= 11 is 12.1. The van der Waals surface area contributed by atoms with Crippen LogP contribution in [-0.2, 0) is 0 Å². The average molecular weight is 300 g/mol. The van der Waals surface area contributed by atoms with Crippen LogP contribution >= 0.6 is 23.2 Å². The summed E-state index contributed by atoms with van der Waals surface area (Å²) in [5.74, 6) is 0.769. The first-order valence-electron chi connectivity index (χ1n) is 7.32. The van der Waals surface area contributed by atoms with E-state index in [1.165, 1.54) is 31.2 Å². The second-order valence-corrected chi connectivity index (χ2v) is 6.48. The van der Waals surface area contributed by atoms with Crippen molar-refractivity contribution in [1.82, 2.24) is 5.32 Å². The van der Waals surface area contributed by atoms with E-state index in [0.29, 0.717) is 22.1 Å². The third-order valence-corrected chi connectivity index (χ3v) is 5.02. The van der Waals surface area contributed by atoms with Crippen LogP contribution in [0.25, 0.3) is 0 Å². The Bertz CT molecular complexity index is 419. The fourth-order valence-corrected chi connectivity index (χ4v) is 3.31. The SMILES string of the molecule is CCC(NC1CCCCC1C)c1ccc(Cl)c(Cl)c1. The van der Waals surface area contributed by atoms with Gasteiger partial charge in [0.1, 0.15) is 0 Å². The first-order valence-corrected chi connectivity index (χ1v) is 8.08. The van der Waals surface area contributed by atoms with Gasteiger partial charge in [-0.2, -0.15) is 0 Å². The fraction of sp³-hybridized carbons (Fsp3) is 0.625. The molecule has 19 heavy (non-hydrogen) atoms. The highest BCUT2D eigenvalue weighted by Crippen LogP contribution is 2.30. The van der Waals surface area contributed by atoms with Crippen molar-refractivity contribution in [2.45, 2.75) is 58.0 Å². The van der Waals surface area contributed by atoms with Crippen molar-refractivity contribution in [3.05, 3.63) is 33.8 Å². The minimum Gasteiger partial charge on any atom is -0.307 e. The molecule has 1 aromatic carbocycles. The lowest BCUT2D eigenvalue weighted by molar-refractivity contribution is 0.256. The van der Waals surface area contributed by atoms with Crippen LogP contribution in [0, 0.1) is 5.92 Å². The molecule has 1 aliphatic rings. The highest BCUT2D eigenvalue weighted by atomic mass is 35.5. The lowest BCUT2D eigenvalue weighted by Crippen LogP contribution is -2.39. The first-order chi connectivity index (χ1) is 9.11. The highest BCUT2D eigenvalue weighted by molar-refractivity contribution is 6.42. The van der Waals surface area contributed by atoms with E-state index in [-0.39, 0.29) is 0 Å². The molecule has 106 valence electrons. The summed E-state index contributed by atoms with van der Waals surface area (Å²) in [6, 6.07) is 6.99. The van der Waals surface area contributed by atoms with E-state index in [4.69, 9.17) is 23.2 Å². The van der Waals surface area contributed by atoms with Crippen LogP contribution in [0.2, 0.25) is 10.0 Å². The number of halogens is 2. The molecule has 0 aromatic heterocycles. The molecule has 1 fully saturated rings. The molecule has 1 saturated carbocycles. The number of hydrogen-bond acceptors (Lipinski definition) is 1. The first kappa shape index (κ1) is 15.2. The predicted molar refractivity (Wildman–Crippen MR) is 84.0 cm³/mol. The topological polar surface area (TPSA) is 12.0 Å². The molecular formula is C16H23Cl2N. The third-order valence-electron chi connectivity index (χ3n) is 4.28. The molecule has 0 heterocycles. The van der Waals surface area contributed by atoms with Crippen LogP contribution in [0.3, 0.4) is 0 Å². The second-order valence-electron chi connectivity index (χ2n) is 5.67. The predicted octanol–water partition coefficient (Wildman–Crippen LogP) is 5.61. The Morgan fingerprint density at radius 3 is 2.58 bits per heavy atom. The quantitative estimate of drug-likeness (QED) is 0.761. The zero-order valence-corrected chi connectivity index (χ0v) is 13.3. The molecular weight excluding hydrogens is 277 g/mol. The van der Waals surface area contributed by atoms with Gasteiger partial charge in [-0.1, -0.05) is 56.0 Å². The maximum atomic E-state index is 6.13. The van der Waals surface area contributed by atoms with Gasteiger partial charge in [-0.05, 0) is 42.9 Å². The Kier molecular flexibility index (Phi) is 5.56. The van der Waals surface area contributed by atoms with Crippen LogP contribution in [0.5, 0.6) is 0 Å². The van der Waals surface area contributed by atoms with Gasteiger partial charge < -0.3 is 5.32 Å². The summed E-state index contributed by atoms with van der Waals surface area (Å²) in [4.78, 5) is 0. The van der Waals surface area contributed by atoms with Crippen LogP contribution in [0.4, 0.5) is 0 Å². The van der Waals surface area contributed by atoms with Crippen molar-refractivity contribution in [1.29, 1.82) is 0 Å². The molecule has 1 N–H and O–H groups in total. The molecule has 0 radical (unpaired) electrons. The Morgan fingerprint density at radius 1 is 1.21 bits per heavy atom. The molecule has 0 spiro atoms. The molecule has 0 saturated heterocycles. The summed E-state index contributed by atoms with van der Waals surface area (Å²) in [7, 11) is 0. The van der Waals surface area contributed by atoms with Crippen molar-refractivity contribution >= 4 is 23.2 Å². The number of rotatable bonds is 4. The Hall–Kier alpha value is -0.240. The normalized spacial score (nSPS) is 25.3. The summed E-state index contributed by atoms with van der Waals surface area (Å²) in [6.07, 6.45) is 6.43. The van der Waals surface area contributed by atoms with E-state index in [9.17, 15) is 0 Å². The molecule has 3 unspecified atom stereocenters. The van der Waals surface area contributed by atoms with Gasteiger partial charge in [0.25, 0.3) is 0 Å². The van der Waals surface area contributed by atoms with Gasteiger partial charge in [0.05, 0.1) is 10.0 Å². The zero-order valence-electron chi connectivity index (χ0n) is 11.8. The Labute approximate surface area is 126 Å². The van der Waals surface area contributed by atoms with Crippen molar-refractivity contribution < 1.29 is 0 Å². The molecule has 3 heteroatoms. The Morgan fingerprint density at radius 2 is 1.95 bits per heavy atom. The van der Waals surface area contributed by atoms with Crippen LogP contribution < -0.4 is 5.32 Å². The fourth-order valence-electron chi connectivity index (χ4n) is 3.00. The van der Waals surface area contributed by atoms with Gasteiger partial charge in [-0.25, -0.2) is 0 Å². The van der Waals surface area contributed by atoms with Gasteiger partial charge >= 0.3 is 0 Å². The van der Waals surface area contributed by atoms with Crippen molar-refractivity contribution in [3.8, 4) is 0 Å². The monoisotopic (exact) mass is 299 g/mol. The molecule has 0 aliphatic heterocycles. The zero-order chi connectivity index (χ0) is 13.8. The number of nitrogens with one attached hydrogen (secondary N) is 1. The lowest BCUT2D eigenvalue weighted by atomic mass is 9.85. The van der Waals surface area contributed by atoms with Gasteiger partial charge in [-0.3, -0.25) is 0 Å². The molecule has 0 bridgehead atoms. The summed E-state index contributed by atoms with van der Waals surface area (Å²) in [6.45, 7) is 4.58. The largest absolute Gasteiger partial charge is 0.307 e. The number of benzene rings is 1. The van der Waals surface area contributed by atoms with E-state index < -0.39 is 0 Å². The van der Waals surface area contributed by atoms with E-state index >= 15 is 0 Å². The van der Waals surface area contributed by atoms with Crippen molar-refractivity contribution in [3.63, 3.8) is 0 Å². The summed E-state index contributed by atoms with van der Waals surface area (Å²) < 4.78 is 0. The van der Waals surface area contributed by atoms with Crippen LogP contribution in [0.1, 0.15) is 57.6 Å². The minimum atomic E-state index is 0.375. The van der Waals surface area contributed by atoms with Gasteiger partial charge in [0.2, 0.25) is 0 Å². The number of hydrogen-bond donors (Lipinski definition) is 1. The molecule has 0 amide bonds. The molecule has 1 aromatic rings. The summed E-state index contributed by atoms with van der Waals surface area (Å²) in [5.41, 5.74) is 1.25. The second kappa shape index (κ2) is 6.97. The highest BCUT2D eigenvalue weighted by Gasteiger charge is 2.24. The van der Waals surface area contributed by atoms with E-state index in [1.807, 2.05) is 12.1 Å². The maximum absolute atomic E-state index is 6.13. The molecule has 2 rings (SSSR count). The van der Waals surface area contributed by atoms with Crippen LogP contribution in [-0.4, -0.2) is 6.04 Å². The lowest BCUT2D eigenvalue weighted by Gasteiger charge is -2.33. The minimum absolute atomic E-state index is 0.375. The van der Waals surface area contributed by atoms with Gasteiger partial charge in [0.15, 0.2) is 0 Å². The third kappa shape index (κ3) is 3.87. The maximum Gasteiger partial charge on any atom is 0.0595 e. The van der Waals surface area contributed by atoms with Crippen LogP contribution in [0.15, 0.2) is 18.2 Å². The van der Waals surface area contributed by atoms with Crippen molar-refractivity contribution in [2.75, 3.05) is 0 Å². The van der Waals surface area contributed by atoms with Crippen molar-refractivity contribution in [2.24, 2.45) is 5.92 Å². The van der Waals surface area contributed by atoms with Gasteiger partial charge in [-0.15, -0.1) is 0 Å². The molecule has 1 aliphatic carbocycles. The van der Waals surface area contributed by atoms with E-state index in [1.54, 1.807) is 0 Å². The smallest absolute Gasteiger partial charge is 0.0595 e. The molecule has 1 nitrogen and oxygen atoms in total. The van der Waals surface area contributed by atoms with E-state index in [0.717, 1.165) is 12.3 Å².